The fourth-order valence-corrected chi connectivity index (χ4v) is 3.00. The molecule has 0 saturated heterocycles. The molecule has 1 heterocycles. The minimum Gasteiger partial charge on any atom is -0.244 e. The molecule has 0 unspecified atom stereocenters. The van der Waals surface area contributed by atoms with E-state index in [0.717, 1.165) is 0 Å². The van der Waals surface area contributed by atoms with Crippen LogP contribution in [-0.4, -0.2) is 4.98 Å². The number of rotatable bonds is 0. The molecule has 0 saturated carbocycles. The van der Waals surface area contributed by atoms with Gasteiger partial charge < -0.3 is 0 Å². The Hall–Kier alpha value is -0.890. The van der Waals surface area contributed by atoms with Crippen molar-refractivity contribution in [1.82, 2.24) is 4.98 Å². The second-order valence-electron chi connectivity index (χ2n) is 6.69. The van der Waals surface area contributed by atoms with Gasteiger partial charge >= 0.3 is 0 Å². The third-order valence-electron chi connectivity index (χ3n) is 3.06. The van der Waals surface area contributed by atoms with E-state index in [9.17, 15) is 0 Å². The Labute approximate surface area is 108 Å². The summed E-state index contributed by atoms with van der Waals surface area (Å²) in [5.41, 5.74) is 6.27. The van der Waals surface area contributed by atoms with Gasteiger partial charge in [-0.2, -0.15) is 0 Å². The van der Waals surface area contributed by atoms with Gasteiger partial charge in [-0.1, -0.05) is 47.6 Å². The van der Waals surface area contributed by atoms with E-state index in [4.69, 9.17) is 0 Å². The fraction of sp³-hybridized carbons (Fsp3) is 0.533. The van der Waals surface area contributed by atoms with Gasteiger partial charge in [-0.25, -0.2) is 4.98 Å². The summed E-state index contributed by atoms with van der Waals surface area (Å²) in [7, 11) is 0. The first-order valence-electron chi connectivity index (χ1n) is 6.08. The van der Waals surface area contributed by atoms with Crippen molar-refractivity contribution in [2.24, 2.45) is 0 Å². The standard InChI is InChI=1S/C15H21NS/c1-14(2,3)10-7-8-11-13(16-9-17-11)12(10)15(4,5)6/h7-9H,1-6H3. The Morgan fingerprint density at radius 3 is 2.12 bits per heavy atom. The van der Waals surface area contributed by atoms with Crippen LogP contribution in [0.5, 0.6) is 0 Å². The quantitative estimate of drug-likeness (QED) is 0.646. The smallest absolute Gasteiger partial charge is 0.0852 e. The first-order valence-corrected chi connectivity index (χ1v) is 6.96. The van der Waals surface area contributed by atoms with Crippen LogP contribution < -0.4 is 0 Å². The van der Waals surface area contributed by atoms with E-state index in [-0.39, 0.29) is 10.8 Å². The highest BCUT2D eigenvalue weighted by Crippen LogP contribution is 2.38. The predicted octanol–water partition coefficient (Wildman–Crippen LogP) is 4.89. The molecule has 92 valence electrons. The summed E-state index contributed by atoms with van der Waals surface area (Å²) in [4.78, 5) is 4.58. The Morgan fingerprint density at radius 1 is 0.941 bits per heavy atom. The molecule has 2 heteroatoms. The zero-order chi connectivity index (χ0) is 12.8. The minimum absolute atomic E-state index is 0.135. The van der Waals surface area contributed by atoms with Gasteiger partial charge in [0, 0.05) is 0 Å². The van der Waals surface area contributed by atoms with E-state index >= 15 is 0 Å². The number of thiazole rings is 1. The van der Waals surface area contributed by atoms with Crippen molar-refractivity contribution in [2.45, 2.75) is 52.4 Å². The molecular weight excluding hydrogens is 226 g/mol. The van der Waals surface area contributed by atoms with Crippen LogP contribution in [0.15, 0.2) is 17.6 Å². The molecule has 1 aromatic heterocycles. The Kier molecular flexibility index (Phi) is 2.81. The molecule has 0 N–H and O–H groups in total. The molecule has 1 aromatic carbocycles. The highest BCUT2D eigenvalue weighted by atomic mass is 32.1. The molecule has 0 aliphatic heterocycles. The highest BCUT2D eigenvalue weighted by Gasteiger charge is 2.27. The molecule has 0 bridgehead atoms. The van der Waals surface area contributed by atoms with Crippen LogP contribution in [0.4, 0.5) is 0 Å². The van der Waals surface area contributed by atoms with Crippen molar-refractivity contribution in [2.75, 3.05) is 0 Å². The number of hydrogen-bond donors (Lipinski definition) is 0. The first-order chi connectivity index (χ1) is 7.71. The highest BCUT2D eigenvalue weighted by molar-refractivity contribution is 7.16. The number of fused-ring (bicyclic) bond motifs is 1. The van der Waals surface area contributed by atoms with Crippen molar-refractivity contribution in [3.63, 3.8) is 0 Å². The van der Waals surface area contributed by atoms with E-state index < -0.39 is 0 Å². The van der Waals surface area contributed by atoms with Crippen LogP contribution in [0.2, 0.25) is 0 Å². The molecule has 2 aromatic rings. The van der Waals surface area contributed by atoms with Gasteiger partial charge in [0.25, 0.3) is 0 Å². The first kappa shape index (κ1) is 12.6. The number of benzene rings is 1. The van der Waals surface area contributed by atoms with Crippen molar-refractivity contribution >= 4 is 21.6 Å². The normalized spacial score (nSPS) is 13.3. The monoisotopic (exact) mass is 247 g/mol. The second kappa shape index (κ2) is 3.81. The van der Waals surface area contributed by atoms with Crippen LogP contribution in [0.3, 0.4) is 0 Å². The summed E-state index contributed by atoms with van der Waals surface area (Å²) >= 11 is 1.73. The molecule has 0 amide bonds. The molecular formula is C15H21NS. The van der Waals surface area contributed by atoms with Crippen LogP contribution in [0.25, 0.3) is 10.2 Å². The van der Waals surface area contributed by atoms with Gasteiger partial charge in [0.2, 0.25) is 0 Å². The van der Waals surface area contributed by atoms with Crippen LogP contribution in [0, 0.1) is 0 Å². The van der Waals surface area contributed by atoms with Crippen LogP contribution in [-0.2, 0) is 10.8 Å². The van der Waals surface area contributed by atoms with Gasteiger partial charge in [0.15, 0.2) is 0 Å². The lowest BCUT2D eigenvalue weighted by molar-refractivity contribution is 0.534. The molecule has 0 fully saturated rings. The van der Waals surface area contributed by atoms with Crippen LogP contribution in [0.1, 0.15) is 52.7 Å². The molecule has 0 aliphatic rings. The van der Waals surface area contributed by atoms with E-state index in [1.165, 1.54) is 21.3 Å². The van der Waals surface area contributed by atoms with Gasteiger partial charge in [0.1, 0.15) is 0 Å². The molecule has 2 rings (SSSR count). The van der Waals surface area contributed by atoms with Gasteiger partial charge in [0.05, 0.1) is 15.7 Å². The number of nitrogens with zero attached hydrogens (tertiary/aromatic N) is 1. The molecule has 1 nitrogen and oxygen atoms in total. The number of aromatic nitrogens is 1. The van der Waals surface area contributed by atoms with Gasteiger partial charge in [-0.3, -0.25) is 0 Å². The zero-order valence-electron chi connectivity index (χ0n) is 11.6. The van der Waals surface area contributed by atoms with Crippen molar-refractivity contribution < 1.29 is 0 Å². The predicted molar refractivity (Wildman–Crippen MR) is 77.0 cm³/mol. The lowest BCUT2D eigenvalue weighted by atomic mass is 9.75. The zero-order valence-corrected chi connectivity index (χ0v) is 12.4. The summed E-state index contributed by atoms with van der Waals surface area (Å²) in [6, 6.07) is 4.49. The SMILES string of the molecule is CC(C)(C)c1ccc2scnc2c1C(C)(C)C. The van der Waals surface area contributed by atoms with E-state index in [1.54, 1.807) is 11.3 Å². The molecule has 0 atom stereocenters. The minimum atomic E-state index is 0.135. The summed E-state index contributed by atoms with van der Waals surface area (Å²) in [6.07, 6.45) is 0. The molecule has 0 radical (unpaired) electrons. The lowest BCUT2D eigenvalue weighted by Crippen LogP contribution is -2.22. The average molecular weight is 247 g/mol. The summed E-state index contributed by atoms with van der Waals surface area (Å²) in [5, 5.41) is 0. The lowest BCUT2D eigenvalue weighted by Gasteiger charge is -2.30. The summed E-state index contributed by atoms with van der Waals surface area (Å²) in [6.45, 7) is 13.6. The maximum Gasteiger partial charge on any atom is 0.0852 e. The van der Waals surface area contributed by atoms with Crippen molar-refractivity contribution in [3.05, 3.63) is 28.8 Å². The molecule has 0 aliphatic carbocycles. The van der Waals surface area contributed by atoms with E-state index in [1.807, 2.05) is 5.51 Å². The maximum atomic E-state index is 4.58. The Morgan fingerprint density at radius 2 is 1.59 bits per heavy atom. The average Bonchev–Trinajstić information content (AvgIpc) is 2.59. The molecule has 17 heavy (non-hydrogen) atoms. The van der Waals surface area contributed by atoms with E-state index in [0.29, 0.717) is 0 Å². The Balaban J connectivity index is 2.85. The Bertz CT molecular complexity index is 538. The largest absolute Gasteiger partial charge is 0.244 e. The fourth-order valence-electron chi connectivity index (χ4n) is 2.32. The second-order valence-corrected chi connectivity index (χ2v) is 7.57. The van der Waals surface area contributed by atoms with E-state index in [2.05, 4.69) is 58.7 Å². The van der Waals surface area contributed by atoms with Gasteiger partial charge in [-0.05, 0) is 28.0 Å². The van der Waals surface area contributed by atoms with Crippen molar-refractivity contribution in [3.8, 4) is 0 Å². The van der Waals surface area contributed by atoms with Crippen LogP contribution >= 0.6 is 11.3 Å². The third-order valence-corrected chi connectivity index (χ3v) is 3.85. The summed E-state index contributed by atoms with van der Waals surface area (Å²) < 4.78 is 1.29. The van der Waals surface area contributed by atoms with Gasteiger partial charge in [-0.15, -0.1) is 11.3 Å². The summed E-state index contributed by atoms with van der Waals surface area (Å²) in [5.74, 6) is 0. The maximum absolute atomic E-state index is 4.58. The van der Waals surface area contributed by atoms with Crippen molar-refractivity contribution in [1.29, 1.82) is 0 Å². The molecule has 0 spiro atoms. The number of hydrogen-bond acceptors (Lipinski definition) is 2. The topological polar surface area (TPSA) is 12.9 Å². The third kappa shape index (κ3) is 2.23.